The van der Waals surface area contributed by atoms with Crippen molar-refractivity contribution in [3.63, 3.8) is 0 Å². The van der Waals surface area contributed by atoms with Crippen molar-refractivity contribution in [2.75, 3.05) is 39.6 Å². The van der Waals surface area contributed by atoms with E-state index < -0.39 is 224 Å². The molecule has 67 heavy (non-hydrogen) atoms. The number of ether oxygens (including phenoxy) is 11. The van der Waals surface area contributed by atoms with Gasteiger partial charge in [0, 0.05) is 0 Å². The van der Waals surface area contributed by atoms with Gasteiger partial charge in [0.1, 0.15) is 146 Å². The van der Waals surface area contributed by atoms with Gasteiger partial charge in [-0.15, -0.1) is 0 Å². The van der Waals surface area contributed by atoms with Gasteiger partial charge in [-0.05, 0) is 0 Å². The summed E-state index contributed by atoms with van der Waals surface area (Å²) in [7, 11) is 0. The van der Waals surface area contributed by atoms with Crippen molar-refractivity contribution < 1.29 is 154 Å². The highest BCUT2D eigenvalue weighted by atomic mass is 16.8. The summed E-state index contributed by atoms with van der Waals surface area (Å²) in [6.07, 6.45) is -56.5. The second kappa shape index (κ2) is 23.5. The molecular weight excluding hydrogens is 928 g/mol. The van der Waals surface area contributed by atoms with E-state index >= 15 is 0 Å². The molecule has 0 aromatic heterocycles. The highest BCUT2D eigenvalue weighted by molar-refractivity contribution is 5.00. The quantitative estimate of drug-likeness (QED) is 0.0683. The predicted molar refractivity (Wildman–Crippen MR) is 199 cm³/mol. The van der Waals surface area contributed by atoms with E-state index in [0.717, 1.165) is 0 Å². The molecule has 6 fully saturated rings. The van der Waals surface area contributed by atoms with Crippen LogP contribution in [-0.4, -0.2) is 326 Å². The lowest BCUT2D eigenvalue weighted by atomic mass is 9.95. The first-order chi connectivity index (χ1) is 31.8. The van der Waals surface area contributed by atoms with Gasteiger partial charge in [-0.3, -0.25) is 0 Å². The summed E-state index contributed by atoms with van der Waals surface area (Å²) in [5.74, 6) is 0. The molecule has 0 aromatic rings. The smallest absolute Gasteiger partial charge is 0.187 e. The van der Waals surface area contributed by atoms with Gasteiger partial charge >= 0.3 is 0 Å². The Morgan fingerprint density at radius 2 is 0.433 bits per heavy atom. The molecular formula is C36H62O31. The predicted octanol–water partition coefficient (Wildman–Crippen LogP) is -14.1. The zero-order chi connectivity index (χ0) is 49.3. The molecule has 0 spiro atoms. The van der Waals surface area contributed by atoms with E-state index in [1.165, 1.54) is 0 Å². The Balaban J connectivity index is 1.07. The van der Waals surface area contributed by atoms with E-state index in [9.17, 15) is 102 Å². The minimum Gasteiger partial charge on any atom is -0.394 e. The van der Waals surface area contributed by atoms with E-state index in [1.54, 1.807) is 0 Å². The normalized spacial score (nSPS) is 53.4. The van der Waals surface area contributed by atoms with E-state index in [-0.39, 0.29) is 0 Å². The summed E-state index contributed by atoms with van der Waals surface area (Å²) in [6, 6.07) is 0. The van der Waals surface area contributed by atoms with Crippen LogP contribution in [0, 0.1) is 0 Å². The summed E-state index contributed by atoms with van der Waals surface area (Å²) < 4.78 is 60.5. The van der Waals surface area contributed by atoms with Crippen molar-refractivity contribution in [3.8, 4) is 0 Å². The largest absolute Gasteiger partial charge is 0.394 e. The molecule has 0 radical (unpaired) electrons. The molecule has 6 saturated heterocycles. The van der Waals surface area contributed by atoms with Crippen LogP contribution in [0.25, 0.3) is 0 Å². The van der Waals surface area contributed by atoms with Crippen molar-refractivity contribution >= 4 is 0 Å². The molecule has 0 saturated carbocycles. The molecule has 31 heteroatoms. The lowest BCUT2D eigenvalue weighted by Gasteiger charge is -2.49. The Bertz CT molecular complexity index is 1500. The average molecular weight is 991 g/mol. The Hall–Kier alpha value is -1.24. The van der Waals surface area contributed by atoms with Crippen molar-refractivity contribution in [2.45, 2.75) is 184 Å². The molecule has 392 valence electrons. The van der Waals surface area contributed by atoms with Gasteiger partial charge in [0.2, 0.25) is 0 Å². The minimum atomic E-state index is -2.18. The summed E-state index contributed by atoms with van der Waals surface area (Å²) >= 11 is 0. The molecule has 30 atom stereocenters. The van der Waals surface area contributed by atoms with E-state index in [0.29, 0.717) is 0 Å². The zero-order valence-corrected chi connectivity index (χ0v) is 35.0. The maximum Gasteiger partial charge on any atom is 0.187 e. The zero-order valence-electron chi connectivity index (χ0n) is 35.0. The first kappa shape index (κ1) is 55.1. The number of rotatable bonds is 16. The van der Waals surface area contributed by atoms with E-state index in [1.807, 2.05) is 0 Å². The van der Waals surface area contributed by atoms with Gasteiger partial charge in [-0.2, -0.15) is 0 Å². The molecule has 0 bridgehead atoms. The highest BCUT2D eigenvalue weighted by Crippen LogP contribution is 2.36. The van der Waals surface area contributed by atoms with Gasteiger partial charge in [0.25, 0.3) is 0 Å². The molecule has 31 nitrogen and oxygen atoms in total. The fraction of sp³-hybridized carbons (Fsp3) is 1.00. The van der Waals surface area contributed by atoms with Gasteiger partial charge in [0.05, 0.1) is 39.6 Å². The third-order valence-corrected chi connectivity index (χ3v) is 12.4. The van der Waals surface area contributed by atoms with Crippen LogP contribution in [0.3, 0.4) is 0 Å². The highest BCUT2D eigenvalue weighted by Gasteiger charge is 2.57. The van der Waals surface area contributed by atoms with Crippen molar-refractivity contribution in [3.05, 3.63) is 0 Å². The first-order valence-electron chi connectivity index (χ1n) is 21.1. The second-order valence-corrected chi connectivity index (χ2v) is 16.8. The van der Waals surface area contributed by atoms with Crippen molar-refractivity contribution in [2.24, 2.45) is 0 Å². The molecule has 0 unspecified atom stereocenters. The molecule has 6 rings (SSSR count). The fourth-order valence-corrected chi connectivity index (χ4v) is 8.52. The fourth-order valence-electron chi connectivity index (χ4n) is 8.52. The monoisotopic (exact) mass is 990 g/mol. The van der Waals surface area contributed by atoms with Crippen LogP contribution >= 0.6 is 0 Å². The van der Waals surface area contributed by atoms with Crippen LogP contribution in [0.1, 0.15) is 0 Å². The number of aliphatic hydroxyl groups excluding tert-OH is 20. The maximum absolute atomic E-state index is 11.2. The summed E-state index contributed by atoms with van der Waals surface area (Å²) in [6.45, 7) is -5.67. The Labute approximate surface area is 378 Å². The first-order valence-corrected chi connectivity index (χ1v) is 21.1. The van der Waals surface area contributed by atoms with E-state index in [2.05, 4.69) is 0 Å². The van der Waals surface area contributed by atoms with Gasteiger partial charge in [-0.25, -0.2) is 0 Å². The third-order valence-electron chi connectivity index (χ3n) is 12.4. The van der Waals surface area contributed by atoms with Gasteiger partial charge in [0.15, 0.2) is 37.7 Å². The Morgan fingerprint density at radius 1 is 0.224 bits per heavy atom. The van der Waals surface area contributed by atoms with E-state index in [4.69, 9.17) is 52.1 Å². The average Bonchev–Trinajstić information content (AvgIpc) is 3.32. The van der Waals surface area contributed by atoms with Crippen LogP contribution in [-0.2, 0) is 52.1 Å². The van der Waals surface area contributed by atoms with Crippen LogP contribution in [0.15, 0.2) is 0 Å². The second-order valence-electron chi connectivity index (χ2n) is 16.8. The molecule has 6 aliphatic rings. The van der Waals surface area contributed by atoms with Crippen LogP contribution in [0.4, 0.5) is 0 Å². The number of aliphatic hydroxyl groups is 20. The minimum absolute atomic E-state index is 0.830. The van der Waals surface area contributed by atoms with Gasteiger partial charge < -0.3 is 154 Å². The van der Waals surface area contributed by atoms with Crippen LogP contribution in [0.5, 0.6) is 0 Å². The molecule has 0 aliphatic carbocycles. The Morgan fingerprint density at radius 3 is 0.687 bits per heavy atom. The lowest BCUT2D eigenvalue weighted by molar-refractivity contribution is -0.396. The standard InChI is InChI=1S/C36H62O31/c37-1-7-13(43)14(44)21(51)32(58-7)64-27-9(3-39)60-34(23(53)16(27)46)66-29-11(5-41)62-36(25(55)18(29)48)67-30-12(6-42)61-35(24(54)19(30)49)65-28-10(4-40)59-33(22(52)17(28)47)63-26-8(2-38)57-31(56)20(50)15(26)45/h7-56H,1-6H2/t7-,8-,9-,10-,11-,12-,13-,14+,15-,16-,17-,18-,19-,20-,21-,22-,23-,24-,25-,26-,27-,28-,29-,30-,31+,32-,33-,34-,35-,36-/m0/s1. The molecule has 6 aliphatic heterocycles. The van der Waals surface area contributed by atoms with Gasteiger partial charge in [-0.1, -0.05) is 0 Å². The van der Waals surface area contributed by atoms with Crippen LogP contribution in [0.2, 0.25) is 0 Å². The SMILES string of the molecule is OC[C@@H]1O[C@@H](O[C@@H]2[C@@H](O)[C@H](O)[C@H](O[C@@H]3[C@@H](O)[C@H](O)[C@H](O[C@@H]4[C@@H](O)[C@H](O)[C@H](O[C@@H]5[C@@H](O)[C@H](O)[C@H](O[C@@H]6[C@@H](O)[C@H](O)[C@H](O)O[C@H]6CO)O[C@H]5CO)O[C@H]4CO)O[C@H]3CO)O[C@H]2CO)[C@@H](O)[C@H](O)[C@H]1O. The lowest BCUT2D eigenvalue weighted by Crippen LogP contribution is -2.68. The molecule has 6 heterocycles. The number of hydrogen-bond donors (Lipinski definition) is 20. The summed E-state index contributed by atoms with van der Waals surface area (Å²) in [5.41, 5.74) is 0. The van der Waals surface area contributed by atoms with Crippen LogP contribution < -0.4 is 0 Å². The third kappa shape index (κ3) is 11.2. The van der Waals surface area contributed by atoms with Crippen molar-refractivity contribution in [1.82, 2.24) is 0 Å². The summed E-state index contributed by atoms with van der Waals surface area (Å²) in [5, 5.41) is 209. The topological polar surface area (TPSA) is 506 Å². The maximum atomic E-state index is 11.2. The van der Waals surface area contributed by atoms with Crippen molar-refractivity contribution in [1.29, 1.82) is 0 Å². The molecule has 20 N–H and O–H groups in total. The molecule has 0 aromatic carbocycles. The summed E-state index contributed by atoms with van der Waals surface area (Å²) in [4.78, 5) is 0. The Kier molecular flexibility index (Phi) is 19.4. The number of hydrogen-bond acceptors (Lipinski definition) is 31. The molecule has 0 amide bonds.